The molecule has 0 saturated heterocycles. The van der Waals surface area contributed by atoms with E-state index in [2.05, 4.69) is 21.2 Å². The lowest BCUT2D eigenvalue weighted by Crippen LogP contribution is -2.12. The third-order valence-corrected chi connectivity index (χ3v) is 3.51. The molecular weight excluding hydrogens is 322 g/mol. The Morgan fingerprint density at radius 1 is 1.05 bits per heavy atom. The lowest BCUT2D eigenvalue weighted by atomic mass is 10.2. The molecule has 0 spiro atoms. The van der Waals surface area contributed by atoms with E-state index in [9.17, 15) is 10.2 Å². The monoisotopic (exact) mass is 337 g/mol. The van der Waals surface area contributed by atoms with Gasteiger partial charge in [0.05, 0.1) is 11.6 Å². The lowest BCUT2D eigenvalue weighted by Gasteiger charge is -2.10. The molecule has 2 aromatic carbocycles. The van der Waals surface area contributed by atoms with E-state index in [0.29, 0.717) is 23.3 Å². The van der Waals surface area contributed by atoms with Crippen molar-refractivity contribution in [3.8, 4) is 17.2 Å². The molecule has 0 aliphatic rings. The molecule has 20 heavy (non-hydrogen) atoms. The number of hydrogen-bond acceptors (Lipinski definition) is 4. The van der Waals surface area contributed by atoms with Crippen molar-refractivity contribution in [2.24, 2.45) is 0 Å². The van der Waals surface area contributed by atoms with Crippen LogP contribution in [0.25, 0.3) is 0 Å². The Morgan fingerprint density at radius 2 is 1.70 bits per heavy atom. The van der Waals surface area contributed by atoms with Crippen LogP contribution >= 0.6 is 15.9 Å². The van der Waals surface area contributed by atoms with E-state index >= 15 is 0 Å². The summed E-state index contributed by atoms with van der Waals surface area (Å²) in [4.78, 5) is 0. The van der Waals surface area contributed by atoms with E-state index in [0.717, 1.165) is 11.1 Å². The van der Waals surface area contributed by atoms with Gasteiger partial charge in [-0.05, 0) is 51.3 Å². The summed E-state index contributed by atoms with van der Waals surface area (Å²) >= 11 is 3.30. The number of phenols is 2. The molecule has 0 aliphatic carbocycles. The molecule has 106 valence electrons. The normalized spacial score (nSPS) is 10.5. The van der Waals surface area contributed by atoms with Gasteiger partial charge in [-0.1, -0.05) is 12.1 Å². The number of rotatable bonds is 5. The quantitative estimate of drug-likeness (QED) is 0.784. The number of benzene rings is 2. The van der Waals surface area contributed by atoms with Crippen molar-refractivity contribution in [3.05, 3.63) is 52.0 Å². The molecule has 0 aliphatic heterocycles. The van der Waals surface area contributed by atoms with Crippen LogP contribution in [0, 0.1) is 0 Å². The minimum Gasteiger partial charge on any atom is -0.508 e. The SMILES string of the molecule is COc1cc(CNCc2ccc(O)cc2)cc(Br)c1O. The molecule has 2 aromatic rings. The van der Waals surface area contributed by atoms with Gasteiger partial charge in [0, 0.05) is 13.1 Å². The standard InChI is InChI=1S/C15H16BrNO3/c1-20-14-7-11(6-13(16)15(14)19)9-17-8-10-2-4-12(18)5-3-10/h2-7,17-19H,8-9H2,1H3. The van der Waals surface area contributed by atoms with Crippen molar-refractivity contribution in [1.82, 2.24) is 5.32 Å². The van der Waals surface area contributed by atoms with Gasteiger partial charge in [-0.3, -0.25) is 0 Å². The first kappa shape index (κ1) is 14.7. The fourth-order valence-electron chi connectivity index (χ4n) is 1.85. The van der Waals surface area contributed by atoms with Crippen LogP contribution in [-0.2, 0) is 13.1 Å². The molecule has 0 atom stereocenters. The van der Waals surface area contributed by atoms with Gasteiger partial charge in [0.2, 0.25) is 0 Å². The first-order valence-electron chi connectivity index (χ1n) is 6.14. The lowest BCUT2D eigenvalue weighted by molar-refractivity contribution is 0.371. The van der Waals surface area contributed by atoms with E-state index in [1.165, 1.54) is 7.11 Å². The topological polar surface area (TPSA) is 61.7 Å². The Balaban J connectivity index is 1.97. The Bertz CT molecular complexity index is 584. The maximum atomic E-state index is 9.74. The van der Waals surface area contributed by atoms with Crippen LogP contribution in [0.15, 0.2) is 40.9 Å². The number of phenolic OH excluding ortho intramolecular Hbond substituents is 2. The van der Waals surface area contributed by atoms with Gasteiger partial charge in [0.15, 0.2) is 11.5 Å². The highest BCUT2D eigenvalue weighted by Gasteiger charge is 2.08. The molecule has 0 unspecified atom stereocenters. The molecule has 0 aromatic heterocycles. The third-order valence-electron chi connectivity index (χ3n) is 2.90. The first-order valence-corrected chi connectivity index (χ1v) is 6.93. The van der Waals surface area contributed by atoms with Crippen molar-refractivity contribution >= 4 is 15.9 Å². The Kier molecular flexibility index (Phi) is 4.87. The maximum Gasteiger partial charge on any atom is 0.172 e. The van der Waals surface area contributed by atoms with Crippen LogP contribution in [0.1, 0.15) is 11.1 Å². The Hall–Kier alpha value is -1.72. The number of hydrogen-bond donors (Lipinski definition) is 3. The average molecular weight is 338 g/mol. The van der Waals surface area contributed by atoms with Crippen molar-refractivity contribution < 1.29 is 14.9 Å². The minimum absolute atomic E-state index is 0.106. The molecule has 0 heterocycles. The van der Waals surface area contributed by atoms with E-state index in [-0.39, 0.29) is 11.5 Å². The molecule has 0 amide bonds. The largest absolute Gasteiger partial charge is 0.508 e. The molecule has 0 fully saturated rings. The van der Waals surface area contributed by atoms with Gasteiger partial charge in [-0.2, -0.15) is 0 Å². The van der Waals surface area contributed by atoms with Crippen LogP contribution in [0.4, 0.5) is 0 Å². The predicted octanol–water partition coefficient (Wildman–Crippen LogP) is 3.16. The van der Waals surface area contributed by atoms with Crippen LogP contribution in [0.5, 0.6) is 17.2 Å². The molecule has 4 nitrogen and oxygen atoms in total. The van der Waals surface area contributed by atoms with Crippen molar-refractivity contribution in [2.75, 3.05) is 7.11 Å². The summed E-state index contributed by atoms with van der Waals surface area (Å²) in [7, 11) is 1.52. The van der Waals surface area contributed by atoms with Crippen molar-refractivity contribution in [2.45, 2.75) is 13.1 Å². The smallest absolute Gasteiger partial charge is 0.172 e. The van der Waals surface area contributed by atoms with Crippen LogP contribution in [0.3, 0.4) is 0 Å². The number of methoxy groups -OCH3 is 1. The summed E-state index contributed by atoms with van der Waals surface area (Å²) in [6, 6.07) is 10.7. The fourth-order valence-corrected chi connectivity index (χ4v) is 2.34. The summed E-state index contributed by atoms with van der Waals surface area (Å²) in [6.45, 7) is 1.34. The summed E-state index contributed by atoms with van der Waals surface area (Å²) < 4.78 is 5.72. The van der Waals surface area contributed by atoms with Gasteiger partial charge in [0.1, 0.15) is 5.75 Å². The Morgan fingerprint density at radius 3 is 2.35 bits per heavy atom. The highest BCUT2D eigenvalue weighted by atomic mass is 79.9. The maximum absolute atomic E-state index is 9.74. The van der Waals surface area contributed by atoms with Crippen LogP contribution in [0.2, 0.25) is 0 Å². The number of aromatic hydroxyl groups is 2. The molecule has 0 saturated carbocycles. The van der Waals surface area contributed by atoms with Gasteiger partial charge >= 0.3 is 0 Å². The van der Waals surface area contributed by atoms with Gasteiger partial charge in [-0.15, -0.1) is 0 Å². The second-order valence-corrected chi connectivity index (χ2v) is 5.25. The number of ether oxygens (including phenoxy) is 1. The minimum atomic E-state index is 0.106. The average Bonchev–Trinajstić information content (AvgIpc) is 2.44. The molecule has 2 rings (SSSR count). The molecule has 3 N–H and O–H groups in total. The molecule has 0 radical (unpaired) electrons. The van der Waals surface area contributed by atoms with Crippen molar-refractivity contribution in [1.29, 1.82) is 0 Å². The summed E-state index contributed by atoms with van der Waals surface area (Å²) in [5.74, 6) is 0.816. The van der Waals surface area contributed by atoms with Crippen LogP contribution < -0.4 is 10.1 Å². The number of nitrogens with one attached hydrogen (secondary N) is 1. The number of halogens is 1. The van der Waals surface area contributed by atoms with Gasteiger partial charge in [-0.25, -0.2) is 0 Å². The van der Waals surface area contributed by atoms with Crippen LogP contribution in [-0.4, -0.2) is 17.3 Å². The van der Waals surface area contributed by atoms with Gasteiger partial charge in [0.25, 0.3) is 0 Å². The van der Waals surface area contributed by atoms with Gasteiger partial charge < -0.3 is 20.3 Å². The summed E-state index contributed by atoms with van der Waals surface area (Å²) in [6.07, 6.45) is 0. The predicted molar refractivity (Wildman–Crippen MR) is 81.0 cm³/mol. The highest BCUT2D eigenvalue weighted by molar-refractivity contribution is 9.10. The summed E-state index contributed by atoms with van der Waals surface area (Å²) in [5, 5.41) is 22.2. The Labute approximate surface area is 126 Å². The van der Waals surface area contributed by atoms with Crippen molar-refractivity contribution in [3.63, 3.8) is 0 Å². The third kappa shape index (κ3) is 3.65. The first-order chi connectivity index (χ1) is 9.60. The van der Waals surface area contributed by atoms with E-state index in [1.807, 2.05) is 18.2 Å². The summed E-state index contributed by atoms with van der Waals surface area (Å²) in [5.41, 5.74) is 2.10. The second kappa shape index (κ2) is 6.63. The fraction of sp³-hybridized carbons (Fsp3) is 0.200. The van der Waals surface area contributed by atoms with E-state index in [4.69, 9.17) is 4.74 Å². The molecule has 0 bridgehead atoms. The van der Waals surface area contributed by atoms with E-state index < -0.39 is 0 Å². The second-order valence-electron chi connectivity index (χ2n) is 4.40. The molecule has 5 heteroatoms. The zero-order valence-electron chi connectivity index (χ0n) is 11.1. The zero-order chi connectivity index (χ0) is 14.5. The molecular formula is C15H16BrNO3. The zero-order valence-corrected chi connectivity index (χ0v) is 12.6. The van der Waals surface area contributed by atoms with E-state index in [1.54, 1.807) is 18.2 Å². The highest BCUT2D eigenvalue weighted by Crippen LogP contribution is 2.35.